The monoisotopic (exact) mass is 263 g/mol. The first-order valence-electron chi connectivity index (χ1n) is 5.33. The predicted molar refractivity (Wildman–Crippen MR) is 71.2 cm³/mol. The fourth-order valence-electron chi connectivity index (χ4n) is 1.44. The van der Waals surface area contributed by atoms with E-state index in [1.807, 2.05) is 18.2 Å². The van der Waals surface area contributed by atoms with Crippen molar-refractivity contribution in [3.05, 3.63) is 46.5 Å². The van der Waals surface area contributed by atoms with E-state index in [2.05, 4.69) is 15.0 Å². The molecule has 7 heteroatoms. The summed E-state index contributed by atoms with van der Waals surface area (Å²) in [5.41, 5.74) is 11.8. The second-order valence-corrected chi connectivity index (χ2v) is 4.76. The van der Waals surface area contributed by atoms with Gasteiger partial charge in [-0.1, -0.05) is 17.8 Å². The number of H-pyrrole nitrogens is 1. The third kappa shape index (κ3) is 3.08. The predicted octanol–water partition coefficient (Wildman–Crippen LogP) is 0.539. The van der Waals surface area contributed by atoms with E-state index < -0.39 is 0 Å². The molecule has 5 N–H and O–H groups in total. The highest BCUT2D eigenvalue weighted by Crippen LogP contribution is 2.30. The van der Waals surface area contributed by atoms with Crippen LogP contribution in [0, 0.1) is 0 Å². The Hall–Kier alpha value is -1.86. The summed E-state index contributed by atoms with van der Waals surface area (Å²) in [7, 11) is 0. The van der Waals surface area contributed by atoms with Crippen molar-refractivity contribution in [3.8, 4) is 0 Å². The molecule has 94 valence electrons. The molecule has 0 saturated carbocycles. The zero-order chi connectivity index (χ0) is 13.0. The van der Waals surface area contributed by atoms with Gasteiger partial charge in [0, 0.05) is 18.8 Å². The fraction of sp³-hybridized carbons (Fsp3) is 0.182. The summed E-state index contributed by atoms with van der Waals surface area (Å²) >= 11 is 1.34. The first kappa shape index (κ1) is 12.6. The van der Waals surface area contributed by atoms with Crippen LogP contribution in [0.1, 0.15) is 10.9 Å². The van der Waals surface area contributed by atoms with E-state index >= 15 is 0 Å². The molecular weight excluding hydrogens is 250 g/mol. The van der Waals surface area contributed by atoms with Crippen LogP contribution in [-0.4, -0.2) is 21.5 Å². The van der Waals surface area contributed by atoms with E-state index in [1.54, 1.807) is 6.20 Å². The maximum Gasteiger partial charge on any atom is 0.253 e. The average Bonchev–Trinajstić information content (AvgIpc) is 2.36. The molecule has 0 bridgehead atoms. The van der Waals surface area contributed by atoms with E-state index in [0.29, 0.717) is 11.7 Å². The normalized spacial score (nSPS) is 12.3. The molecule has 2 rings (SSSR count). The summed E-state index contributed by atoms with van der Waals surface area (Å²) in [5.74, 6) is 0.193. The van der Waals surface area contributed by atoms with Crippen molar-refractivity contribution in [3.63, 3.8) is 0 Å². The zero-order valence-corrected chi connectivity index (χ0v) is 10.4. The van der Waals surface area contributed by atoms with Crippen molar-refractivity contribution in [2.75, 3.05) is 12.3 Å². The molecule has 0 radical (unpaired) electrons. The number of nitrogen functional groups attached to an aromatic ring is 1. The summed E-state index contributed by atoms with van der Waals surface area (Å²) in [4.78, 5) is 22.2. The highest BCUT2D eigenvalue weighted by atomic mass is 32.2. The summed E-state index contributed by atoms with van der Waals surface area (Å²) < 4.78 is 0. The molecule has 0 amide bonds. The Morgan fingerprint density at radius 3 is 2.89 bits per heavy atom. The molecule has 1 unspecified atom stereocenters. The van der Waals surface area contributed by atoms with Gasteiger partial charge in [0.1, 0.15) is 5.82 Å². The Bertz CT molecular complexity index is 571. The van der Waals surface area contributed by atoms with Gasteiger partial charge in [-0.2, -0.15) is 0 Å². The van der Waals surface area contributed by atoms with Gasteiger partial charge >= 0.3 is 0 Å². The van der Waals surface area contributed by atoms with Gasteiger partial charge in [-0.15, -0.1) is 0 Å². The van der Waals surface area contributed by atoms with Crippen molar-refractivity contribution in [2.24, 2.45) is 5.73 Å². The largest absolute Gasteiger partial charge is 0.383 e. The molecule has 2 aromatic heterocycles. The smallest absolute Gasteiger partial charge is 0.253 e. The number of aromatic amines is 1. The number of hydrogen-bond donors (Lipinski definition) is 3. The third-order valence-electron chi connectivity index (χ3n) is 2.23. The molecule has 6 nitrogen and oxygen atoms in total. The van der Waals surface area contributed by atoms with Crippen LogP contribution in [0.3, 0.4) is 0 Å². The summed E-state index contributed by atoms with van der Waals surface area (Å²) in [5, 5.41) is 0.372. The topological polar surface area (TPSA) is 111 Å². The Morgan fingerprint density at radius 2 is 2.28 bits per heavy atom. The van der Waals surface area contributed by atoms with Crippen LogP contribution < -0.4 is 17.0 Å². The van der Waals surface area contributed by atoms with Crippen LogP contribution >= 0.6 is 11.8 Å². The van der Waals surface area contributed by atoms with Gasteiger partial charge in [-0.05, 0) is 12.1 Å². The standard InChI is InChI=1S/C11H13N5OS/c12-6-8(7-3-1-2-4-14-7)18-11-15-9(13)5-10(17)16-11/h1-5,8H,6,12H2,(H3,13,15,16,17). The minimum Gasteiger partial charge on any atom is -0.383 e. The van der Waals surface area contributed by atoms with Crippen molar-refractivity contribution >= 4 is 17.6 Å². The van der Waals surface area contributed by atoms with Gasteiger partial charge < -0.3 is 16.5 Å². The maximum absolute atomic E-state index is 11.3. The van der Waals surface area contributed by atoms with E-state index in [4.69, 9.17) is 11.5 Å². The minimum absolute atomic E-state index is 0.0730. The van der Waals surface area contributed by atoms with Crippen molar-refractivity contribution in [1.29, 1.82) is 0 Å². The summed E-state index contributed by atoms with van der Waals surface area (Å²) in [6, 6.07) is 6.85. The van der Waals surface area contributed by atoms with Gasteiger partial charge in [0.05, 0.1) is 10.9 Å². The summed E-state index contributed by atoms with van der Waals surface area (Å²) in [6.07, 6.45) is 1.70. The van der Waals surface area contributed by atoms with Gasteiger partial charge in [0.2, 0.25) is 0 Å². The maximum atomic E-state index is 11.3. The number of hydrogen-bond acceptors (Lipinski definition) is 6. The molecule has 1 atom stereocenters. The molecule has 0 aliphatic heterocycles. The minimum atomic E-state index is -0.276. The van der Waals surface area contributed by atoms with Crippen LogP contribution in [-0.2, 0) is 0 Å². The summed E-state index contributed by atoms with van der Waals surface area (Å²) in [6.45, 7) is 0.389. The average molecular weight is 263 g/mol. The van der Waals surface area contributed by atoms with E-state index in [0.717, 1.165) is 5.69 Å². The number of anilines is 1. The fourth-order valence-corrected chi connectivity index (χ4v) is 2.38. The van der Waals surface area contributed by atoms with Gasteiger partial charge in [0.25, 0.3) is 5.56 Å². The van der Waals surface area contributed by atoms with Crippen LogP contribution in [0.5, 0.6) is 0 Å². The lowest BCUT2D eigenvalue weighted by Gasteiger charge is -2.12. The number of rotatable bonds is 4. The molecule has 0 aromatic carbocycles. The number of pyridine rings is 1. The first-order chi connectivity index (χ1) is 8.69. The Labute approximate surface area is 108 Å². The third-order valence-corrected chi connectivity index (χ3v) is 3.36. The molecule has 2 aromatic rings. The molecule has 0 spiro atoms. The molecule has 18 heavy (non-hydrogen) atoms. The zero-order valence-electron chi connectivity index (χ0n) is 9.54. The second-order valence-electron chi connectivity index (χ2n) is 3.57. The molecule has 0 aliphatic carbocycles. The SMILES string of the molecule is NCC(Sc1nc(N)cc(=O)[nH]1)c1ccccn1. The second kappa shape index (κ2) is 5.65. The van der Waals surface area contributed by atoms with E-state index in [-0.39, 0.29) is 16.6 Å². The lowest BCUT2D eigenvalue weighted by molar-refractivity contribution is 0.875. The number of nitrogens with two attached hydrogens (primary N) is 2. The molecular formula is C11H13N5OS. The number of nitrogens with zero attached hydrogens (tertiary/aromatic N) is 2. The number of nitrogens with one attached hydrogen (secondary N) is 1. The number of thioether (sulfide) groups is 1. The van der Waals surface area contributed by atoms with E-state index in [1.165, 1.54) is 17.8 Å². The van der Waals surface area contributed by atoms with Crippen LogP contribution in [0.2, 0.25) is 0 Å². The van der Waals surface area contributed by atoms with Gasteiger partial charge in [-0.25, -0.2) is 4.98 Å². The Morgan fingerprint density at radius 1 is 1.44 bits per heavy atom. The molecule has 0 fully saturated rings. The highest BCUT2D eigenvalue weighted by molar-refractivity contribution is 7.99. The van der Waals surface area contributed by atoms with E-state index in [9.17, 15) is 4.79 Å². The highest BCUT2D eigenvalue weighted by Gasteiger charge is 2.14. The lowest BCUT2D eigenvalue weighted by atomic mass is 10.3. The Kier molecular flexibility index (Phi) is 3.96. The van der Waals surface area contributed by atoms with Gasteiger partial charge in [-0.3, -0.25) is 9.78 Å². The van der Waals surface area contributed by atoms with Crippen LogP contribution in [0.4, 0.5) is 5.82 Å². The molecule has 2 heterocycles. The lowest BCUT2D eigenvalue weighted by Crippen LogP contribution is -2.14. The van der Waals surface area contributed by atoms with Crippen molar-refractivity contribution in [1.82, 2.24) is 15.0 Å². The van der Waals surface area contributed by atoms with Crippen molar-refractivity contribution < 1.29 is 0 Å². The molecule has 0 aliphatic rings. The van der Waals surface area contributed by atoms with Crippen LogP contribution in [0.25, 0.3) is 0 Å². The van der Waals surface area contributed by atoms with Gasteiger partial charge in [0.15, 0.2) is 5.16 Å². The number of aromatic nitrogens is 3. The molecule has 0 saturated heterocycles. The first-order valence-corrected chi connectivity index (χ1v) is 6.21. The van der Waals surface area contributed by atoms with Crippen LogP contribution in [0.15, 0.2) is 40.4 Å². The van der Waals surface area contributed by atoms with Crippen molar-refractivity contribution in [2.45, 2.75) is 10.4 Å². The quantitative estimate of drug-likeness (QED) is 0.548. The Balaban J connectivity index is 2.23.